The van der Waals surface area contributed by atoms with Gasteiger partial charge in [-0.25, -0.2) is 0 Å². The summed E-state index contributed by atoms with van der Waals surface area (Å²) in [6, 6.07) is 7.55. The van der Waals surface area contributed by atoms with Gasteiger partial charge in [-0.05, 0) is 18.2 Å². The largest absolute Gasteiger partial charge is 0.325 e. The molecule has 0 bridgehead atoms. The predicted molar refractivity (Wildman–Crippen MR) is 81.2 cm³/mol. The fraction of sp³-hybridized carbons (Fsp3) is 0.385. The first-order valence-electron chi connectivity index (χ1n) is 5.99. The third-order valence-corrected chi connectivity index (χ3v) is 4.43. The summed E-state index contributed by atoms with van der Waals surface area (Å²) in [4.78, 5) is 12.0. The normalized spacial score (nSPS) is 18.6. The monoisotopic (exact) mass is 339 g/mol. The van der Waals surface area contributed by atoms with Gasteiger partial charge in [0.25, 0.3) is 0 Å². The van der Waals surface area contributed by atoms with Crippen LogP contribution in [0, 0.1) is 11.3 Å². The SMILES string of the molecule is N#Cc1cc(Br)ccc1NC(=O)CC1CSCCN1. The lowest BCUT2D eigenvalue weighted by atomic mass is 10.1. The highest BCUT2D eigenvalue weighted by molar-refractivity contribution is 9.10. The Morgan fingerprint density at radius 3 is 3.16 bits per heavy atom. The lowest BCUT2D eigenvalue weighted by molar-refractivity contribution is -0.116. The molecule has 0 spiro atoms. The molecule has 1 heterocycles. The van der Waals surface area contributed by atoms with Crippen LogP contribution in [0.15, 0.2) is 22.7 Å². The molecule has 1 saturated heterocycles. The van der Waals surface area contributed by atoms with Crippen molar-refractivity contribution in [3.8, 4) is 6.07 Å². The van der Waals surface area contributed by atoms with Crippen LogP contribution in [-0.4, -0.2) is 30.0 Å². The second-order valence-electron chi connectivity index (χ2n) is 4.28. The fourth-order valence-corrected chi connectivity index (χ4v) is 3.20. The van der Waals surface area contributed by atoms with Crippen molar-refractivity contribution in [2.24, 2.45) is 0 Å². The molecule has 2 rings (SSSR count). The van der Waals surface area contributed by atoms with E-state index in [4.69, 9.17) is 5.26 Å². The molecule has 1 atom stereocenters. The zero-order chi connectivity index (χ0) is 13.7. The minimum absolute atomic E-state index is 0.0566. The summed E-state index contributed by atoms with van der Waals surface area (Å²) in [7, 11) is 0. The average molecular weight is 340 g/mol. The third kappa shape index (κ3) is 4.23. The molecule has 4 nitrogen and oxygen atoms in total. The van der Waals surface area contributed by atoms with Gasteiger partial charge in [0.1, 0.15) is 6.07 Å². The summed E-state index contributed by atoms with van der Waals surface area (Å²) in [6.45, 7) is 0.949. The van der Waals surface area contributed by atoms with E-state index in [9.17, 15) is 4.79 Å². The minimum atomic E-state index is -0.0566. The molecule has 1 amide bonds. The van der Waals surface area contributed by atoms with Gasteiger partial charge in [-0.1, -0.05) is 15.9 Å². The van der Waals surface area contributed by atoms with Crippen LogP contribution in [0.4, 0.5) is 5.69 Å². The van der Waals surface area contributed by atoms with Gasteiger partial charge < -0.3 is 10.6 Å². The van der Waals surface area contributed by atoms with Gasteiger partial charge in [0.05, 0.1) is 11.3 Å². The molecule has 0 radical (unpaired) electrons. The molecule has 1 aliphatic heterocycles. The van der Waals surface area contributed by atoms with Gasteiger partial charge in [-0.15, -0.1) is 0 Å². The number of thioether (sulfide) groups is 1. The van der Waals surface area contributed by atoms with Crippen LogP contribution in [-0.2, 0) is 4.79 Å². The van der Waals surface area contributed by atoms with Crippen LogP contribution < -0.4 is 10.6 Å². The first-order valence-corrected chi connectivity index (χ1v) is 7.94. The summed E-state index contributed by atoms with van der Waals surface area (Å²) in [6.07, 6.45) is 0.438. The molecular formula is C13H14BrN3OS. The molecule has 0 saturated carbocycles. The van der Waals surface area contributed by atoms with E-state index in [1.54, 1.807) is 12.1 Å². The van der Waals surface area contributed by atoms with Crippen molar-refractivity contribution in [1.29, 1.82) is 5.26 Å². The average Bonchev–Trinajstić information content (AvgIpc) is 2.42. The standard InChI is InChI=1S/C13H14BrN3OS/c14-10-1-2-12(9(5-10)7-15)17-13(18)6-11-8-19-4-3-16-11/h1-2,5,11,16H,3-4,6,8H2,(H,17,18). The van der Waals surface area contributed by atoms with Crippen LogP contribution in [0.3, 0.4) is 0 Å². The number of amides is 1. The maximum absolute atomic E-state index is 12.0. The molecule has 0 aromatic heterocycles. The van der Waals surface area contributed by atoms with Gasteiger partial charge in [0.15, 0.2) is 0 Å². The molecule has 100 valence electrons. The molecule has 1 aromatic rings. The van der Waals surface area contributed by atoms with E-state index in [0.717, 1.165) is 22.5 Å². The van der Waals surface area contributed by atoms with Crippen molar-refractivity contribution >= 4 is 39.3 Å². The summed E-state index contributed by atoms with van der Waals surface area (Å²) >= 11 is 5.17. The van der Waals surface area contributed by atoms with E-state index in [-0.39, 0.29) is 11.9 Å². The van der Waals surface area contributed by atoms with E-state index in [1.165, 1.54) is 0 Å². The van der Waals surface area contributed by atoms with Crippen molar-refractivity contribution in [3.63, 3.8) is 0 Å². The Kier molecular flexibility index (Phi) is 5.25. The van der Waals surface area contributed by atoms with Crippen molar-refractivity contribution in [2.45, 2.75) is 12.5 Å². The van der Waals surface area contributed by atoms with E-state index in [0.29, 0.717) is 17.7 Å². The van der Waals surface area contributed by atoms with Gasteiger partial charge in [0.2, 0.25) is 5.91 Å². The van der Waals surface area contributed by atoms with E-state index < -0.39 is 0 Å². The highest BCUT2D eigenvalue weighted by Gasteiger charge is 2.17. The number of nitrogens with zero attached hydrogens (tertiary/aromatic N) is 1. The van der Waals surface area contributed by atoms with Crippen molar-refractivity contribution < 1.29 is 4.79 Å². The van der Waals surface area contributed by atoms with Gasteiger partial charge in [-0.3, -0.25) is 4.79 Å². The van der Waals surface area contributed by atoms with Gasteiger partial charge in [0, 0.05) is 35.0 Å². The number of hydrogen-bond acceptors (Lipinski definition) is 4. The van der Waals surface area contributed by atoms with Crippen LogP contribution in [0.5, 0.6) is 0 Å². The molecule has 19 heavy (non-hydrogen) atoms. The smallest absolute Gasteiger partial charge is 0.226 e. The predicted octanol–water partition coefficient (Wildman–Crippen LogP) is 2.35. The molecule has 0 aliphatic carbocycles. The van der Waals surface area contributed by atoms with Crippen LogP contribution in [0.1, 0.15) is 12.0 Å². The van der Waals surface area contributed by atoms with Crippen LogP contribution in [0.2, 0.25) is 0 Å². The Labute approximate surface area is 125 Å². The lowest BCUT2D eigenvalue weighted by Gasteiger charge is -2.22. The molecule has 1 aromatic carbocycles. The summed E-state index contributed by atoms with van der Waals surface area (Å²) in [5.41, 5.74) is 1.04. The molecule has 1 aliphatic rings. The molecular weight excluding hydrogens is 326 g/mol. The van der Waals surface area contributed by atoms with E-state index >= 15 is 0 Å². The Bertz CT molecular complexity index is 509. The molecule has 1 unspecified atom stereocenters. The van der Waals surface area contributed by atoms with E-state index in [1.807, 2.05) is 17.8 Å². The summed E-state index contributed by atoms with van der Waals surface area (Å²) in [5.74, 6) is 2.00. The van der Waals surface area contributed by atoms with E-state index in [2.05, 4.69) is 32.6 Å². The number of carbonyl (C=O) groups is 1. The number of nitrogens with one attached hydrogen (secondary N) is 2. The number of anilines is 1. The first kappa shape index (κ1) is 14.4. The quantitative estimate of drug-likeness (QED) is 0.887. The van der Waals surface area contributed by atoms with Crippen molar-refractivity contribution in [1.82, 2.24) is 5.32 Å². The zero-order valence-electron chi connectivity index (χ0n) is 10.3. The third-order valence-electron chi connectivity index (χ3n) is 2.81. The van der Waals surface area contributed by atoms with Crippen molar-refractivity contribution in [3.05, 3.63) is 28.2 Å². The minimum Gasteiger partial charge on any atom is -0.325 e. The number of halogens is 1. The Morgan fingerprint density at radius 2 is 2.47 bits per heavy atom. The highest BCUT2D eigenvalue weighted by atomic mass is 79.9. The van der Waals surface area contributed by atoms with Crippen LogP contribution >= 0.6 is 27.7 Å². The van der Waals surface area contributed by atoms with Crippen molar-refractivity contribution in [2.75, 3.05) is 23.4 Å². The number of benzene rings is 1. The number of hydrogen-bond donors (Lipinski definition) is 2. The Hall–Kier alpha value is -1.03. The van der Waals surface area contributed by atoms with Gasteiger partial charge >= 0.3 is 0 Å². The first-order chi connectivity index (χ1) is 9.19. The molecule has 2 N–H and O–H groups in total. The summed E-state index contributed by atoms with van der Waals surface area (Å²) < 4.78 is 0.826. The zero-order valence-corrected chi connectivity index (χ0v) is 12.7. The maximum Gasteiger partial charge on any atom is 0.226 e. The highest BCUT2D eigenvalue weighted by Crippen LogP contribution is 2.20. The second-order valence-corrected chi connectivity index (χ2v) is 6.35. The van der Waals surface area contributed by atoms with Gasteiger partial charge in [-0.2, -0.15) is 17.0 Å². The number of nitriles is 1. The fourth-order valence-electron chi connectivity index (χ4n) is 1.89. The number of rotatable bonds is 3. The summed E-state index contributed by atoms with van der Waals surface area (Å²) in [5, 5.41) is 15.2. The molecule has 1 fully saturated rings. The van der Waals surface area contributed by atoms with Crippen LogP contribution in [0.25, 0.3) is 0 Å². The molecule has 6 heteroatoms. The Balaban J connectivity index is 1.97. The Morgan fingerprint density at radius 1 is 1.63 bits per heavy atom. The maximum atomic E-state index is 12.0. The second kappa shape index (κ2) is 6.94. The number of carbonyl (C=O) groups excluding carboxylic acids is 1. The lowest BCUT2D eigenvalue weighted by Crippen LogP contribution is -2.39. The topological polar surface area (TPSA) is 64.9 Å².